The van der Waals surface area contributed by atoms with Crippen molar-refractivity contribution in [3.63, 3.8) is 0 Å². The van der Waals surface area contributed by atoms with E-state index in [2.05, 4.69) is 0 Å². The summed E-state index contributed by atoms with van der Waals surface area (Å²) in [6, 6.07) is 25.3. The largest absolute Gasteiger partial charge is 0.478 e. The van der Waals surface area contributed by atoms with Crippen LogP contribution < -0.4 is 4.90 Å². The smallest absolute Gasteiger partial charge is 0.335 e. The standard InChI is InChI=1S/C31H25F2NO4/c32-24-10-8-20(9-11-24)28(35)17-16-27-29(34(30(27)36)26-14-12-25(33)13-15-26)21-6-4-19(5-7-21)22-2-1-3-23(18-22)31(37)38/h1-15,18,27-29,35H,16-17H2,(H,37,38)/t27-,28+,29-/m1/s1. The normalized spacial score (nSPS) is 17.7. The molecule has 0 spiro atoms. The molecule has 3 atom stereocenters. The van der Waals surface area contributed by atoms with Gasteiger partial charge >= 0.3 is 5.97 Å². The molecule has 5 nitrogen and oxygen atoms in total. The second-order valence-electron chi connectivity index (χ2n) is 9.39. The van der Waals surface area contributed by atoms with E-state index in [0.717, 1.165) is 16.7 Å². The van der Waals surface area contributed by atoms with Crippen molar-refractivity contribution >= 4 is 17.6 Å². The fraction of sp³-hybridized carbons (Fsp3) is 0.161. The van der Waals surface area contributed by atoms with E-state index < -0.39 is 23.8 Å². The quantitative estimate of drug-likeness (QED) is 0.262. The molecule has 2 N–H and O–H groups in total. The van der Waals surface area contributed by atoms with Gasteiger partial charge in [-0.2, -0.15) is 0 Å². The number of benzene rings is 4. The van der Waals surface area contributed by atoms with Gasteiger partial charge in [-0.25, -0.2) is 13.6 Å². The van der Waals surface area contributed by atoms with Crippen molar-refractivity contribution in [3.05, 3.63) is 125 Å². The van der Waals surface area contributed by atoms with Crippen LogP contribution in [0.15, 0.2) is 97.1 Å². The van der Waals surface area contributed by atoms with Crippen LogP contribution in [0.5, 0.6) is 0 Å². The fourth-order valence-corrected chi connectivity index (χ4v) is 4.99. The van der Waals surface area contributed by atoms with Crippen LogP contribution in [0.2, 0.25) is 0 Å². The van der Waals surface area contributed by atoms with E-state index >= 15 is 0 Å². The van der Waals surface area contributed by atoms with Crippen molar-refractivity contribution in [2.24, 2.45) is 5.92 Å². The monoisotopic (exact) mass is 513 g/mol. The average Bonchev–Trinajstić information content (AvgIpc) is 2.93. The van der Waals surface area contributed by atoms with Gasteiger partial charge in [0.05, 0.1) is 23.6 Å². The molecule has 0 radical (unpaired) electrons. The summed E-state index contributed by atoms with van der Waals surface area (Å²) in [5.74, 6) is -2.31. The maximum atomic E-state index is 13.6. The number of aliphatic hydroxyl groups is 1. The highest BCUT2D eigenvalue weighted by Gasteiger charge is 2.48. The molecule has 0 aromatic heterocycles. The number of anilines is 1. The summed E-state index contributed by atoms with van der Waals surface area (Å²) in [7, 11) is 0. The molecule has 1 fully saturated rings. The number of rotatable bonds is 8. The summed E-state index contributed by atoms with van der Waals surface area (Å²) in [5, 5.41) is 19.9. The first kappa shape index (κ1) is 25.3. The summed E-state index contributed by atoms with van der Waals surface area (Å²) in [4.78, 5) is 26.2. The van der Waals surface area contributed by atoms with Gasteiger partial charge in [0.2, 0.25) is 5.91 Å². The predicted octanol–water partition coefficient (Wildman–Crippen LogP) is 6.55. The minimum atomic E-state index is -1.00. The van der Waals surface area contributed by atoms with Gasteiger partial charge in [-0.05, 0) is 83.6 Å². The highest BCUT2D eigenvalue weighted by molar-refractivity contribution is 6.03. The number of amides is 1. The number of halogens is 2. The Bertz CT molecular complexity index is 1450. The Labute approximate surface area is 218 Å². The number of carbonyl (C=O) groups excluding carboxylic acids is 1. The first-order chi connectivity index (χ1) is 18.3. The molecule has 0 bridgehead atoms. The molecule has 4 aromatic carbocycles. The van der Waals surface area contributed by atoms with E-state index in [0.29, 0.717) is 24.1 Å². The van der Waals surface area contributed by atoms with Crippen LogP contribution in [-0.4, -0.2) is 22.1 Å². The van der Waals surface area contributed by atoms with E-state index in [1.54, 1.807) is 29.2 Å². The number of aromatic carboxylic acids is 1. The zero-order chi connectivity index (χ0) is 26.8. The summed E-state index contributed by atoms with van der Waals surface area (Å²) in [6.07, 6.45) is -0.120. The van der Waals surface area contributed by atoms with Crippen molar-refractivity contribution in [2.75, 3.05) is 4.90 Å². The van der Waals surface area contributed by atoms with E-state index in [1.165, 1.54) is 42.5 Å². The van der Waals surface area contributed by atoms with Gasteiger partial charge in [0.25, 0.3) is 0 Å². The third kappa shape index (κ3) is 5.06. The van der Waals surface area contributed by atoms with Crippen molar-refractivity contribution in [2.45, 2.75) is 25.0 Å². The topological polar surface area (TPSA) is 77.8 Å². The number of hydrogen-bond acceptors (Lipinski definition) is 3. The molecule has 0 unspecified atom stereocenters. The van der Waals surface area contributed by atoms with Gasteiger partial charge in [0, 0.05) is 5.69 Å². The van der Waals surface area contributed by atoms with Crippen LogP contribution in [0.25, 0.3) is 11.1 Å². The van der Waals surface area contributed by atoms with Gasteiger partial charge in [-0.15, -0.1) is 0 Å². The molecule has 4 aromatic rings. The minimum absolute atomic E-state index is 0.119. The molecule has 1 amide bonds. The molecule has 38 heavy (non-hydrogen) atoms. The lowest BCUT2D eigenvalue weighted by molar-refractivity contribution is -0.131. The second-order valence-corrected chi connectivity index (χ2v) is 9.39. The lowest BCUT2D eigenvalue weighted by Crippen LogP contribution is -2.55. The van der Waals surface area contributed by atoms with Gasteiger partial charge in [0.1, 0.15) is 11.6 Å². The number of nitrogens with zero attached hydrogens (tertiary/aromatic N) is 1. The summed E-state index contributed by atoms with van der Waals surface area (Å²) in [6.45, 7) is 0. The third-order valence-corrected chi connectivity index (χ3v) is 7.02. The van der Waals surface area contributed by atoms with Crippen molar-refractivity contribution in [1.29, 1.82) is 0 Å². The summed E-state index contributed by atoms with van der Waals surface area (Å²) in [5.41, 5.74) is 3.81. The van der Waals surface area contributed by atoms with Crippen molar-refractivity contribution in [1.82, 2.24) is 0 Å². The van der Waals surface area contributed by atoms with Crippen LogP contribution in [-0.2, 0) is 4.79 Å². The molecule has 5 rings (SSSR count). The third-order valence-electron chi connectivity index (χ3n) is 7.02. The highest BCUT2D eigenvalue weighted by atomic mass is 19.1. The Hall–Kier alpha value is -4.36. The van der Waals surface area contributed by atoms with Crippen molar-refractivity contribution < 1.29 is 28.6 Å². The SMILES string of the molecule is O=C(O)c1cccc(-c2ccc([C@@H]3[C@@H](CC[C@H](O)c4ccc(F)cc4)C(=O)N3c3ccc(F)cc3)cc2)c1. The van der Waals surface area contributed by atoms with Gasteiger partial charge in [-0.3, -0.25) is 4.79 Å². The first-order valence-corrected chi connectivity index (χ1v) is 12.3. The average molecular weight is 514 g/mol. The maximum Gasteiger partial charge on any atom is 0.335 e. The zero-order valence-electron chi connectivity index (χ0n) is 20.3. The maximum absolute atomic E-state index is 13.6. The number of hydrogen-bond donors (Lipinski definition) is 2. The Balaban J connectivity index is 1.40. The number of aliphatic hydroxyl groups excluding tert-OH is 1. The molecular weight excluding hydrogens is 488 g/mol. The second kappa shape index (κ2) is 10.6. The Morgan fingerprint density at radius 1 is 0.842 bits per heavy atom. The molecule has 0 aliphatic carbocycles. The van der Waals surface area contributed by atoms with E-state index in [9.17, 15) is 28.6 Å². The lowest BCUT2D eigenvalue weighted by atomic mass is 9.78. The molecule has 1 saturated heterocycles. The van der Waals surface area contributed by atoms with Gasteiger partial charge in [-0.1, -0.05) is 48.5 Å². The van der Waals surface area contributed by atoms with Crippen LogP contribution in [0, 0.1) is 17.6 Å². The Kier molecular flexibility index (Phi) is 7.03. The molecule has 0 saturated carbocycles. The minimum Gasteiger partial charge on any atom is -0.478 e. The fourth-order valence-electron chi connectivity index (χ4n) is 4.99. The van der Waals surface area contributed by atoms with Crippen LogP contribution in [0.4, 0.5) is 14.5 Å². The first-order valence-electron chi connectivity index (χ1n) is 12.3. The molecular formula is C31H25F2NO4. The Morgan fingerprint density at radius 3 is 2.11 bits per heavy atom. The van der Waals surface area contributed by atoms with E-state index in [1.807, 2.05) is 30.3 Å². The molecule has 1 heterocycles. The van der Waals surface area contributed by atoms with Crippen LogP contribution >= 0.6 is 0 Å². The lowest BCUT2D eigenvalue weighted by Gasteiger charge is -2.48. The molecule has 1 aliphatic rings. The van der Waals surface area contributed by atoms with E-state index in [-0.39, 0.29) is 23.3 Å². The Morgan fingerprint density at radius 2 is 1.47 bits per heavy atom. The van der Waals surface area contributed by atoms with E-state index in [4.69, 9.17) is 0 Å². The number of β-lactam (4-membered cyclic amide) rings is 1. The van der Waals surface area contributed by atoms with Gasteiger partial charge in [0.15, 0.2) is 0 Å². The summed E-state index contributed by atoms with van der Waals surface area (Å²) >= 11 is 0. The summed E-state index contributed by atoms with van der Waals surface area (Å²) < 4.78 is 26.8. The number of carbonyl (C=O) groups is 2. The predicted molar refractivity (Wildman–Crippen MR) is 140 cm³/mol. The number of carboxylic acids is 1. The molecule has 1 aliphatic heterocycles. The van der Waals surface area contributed by atoms with Crippen molar-refractivity contribution in [3.8, 4) is 11.1 Å². The van der Waals surface area contributed by atoms with Gasteiger partial charge < -0.3 is 15.1 Å². The number of carboxylic acid groups (broad SMARTS) is 1. The van der Waals surface area contributed by atoms with Crippen LogP contribution in [0.3, 0.4) is 0 Å². The highest BCUT2D eigenvalue weighted by Crippen LogP contribution is 2.46. The molecule has 7 heteroatoms. The van der Waals surface area contributed by atoms with Crippen LogP contribution in [0.1, 0.15) is 46.5 Å². The molecule has 192 valence electrons. The zero-order valence-corrected chi connectivity index (χ0v) is 20.3.